The van der Waals surface area contributed by atoms with Crippen LogP contribution in [0.15, 0.2) is 18.2 Å². The summed E-state index contributed by atoms with van der Waals surface area (Å²) in [6, 6.07) is 5.52. The van der Waals surface area contributed by atoms with E-state index in [1.54, 1.807) is 6.07 Å². The lowest BCUT2D eigenvalue weighted by Crippen LogP contribution is -2.17. The maximum absolute atomic E-state index is 11.6. The van der Waals surface area contributed by atoms with Crippen molar-refractivity contribution in [2.75, 3.05) is 6.61 Å². The normalized spacial score (nSPS) is 12.8. The zero-order valence-corrected chi connectivity index (χ0v) is 18.1. The second-order valence-corrected chi connectivity index (χ2v) is 8.77. The Hall–Kier alpha value is -1.51. The lowest BCUT2D eigenvalue weighted by atomic mass is 9.77. The molecule has 154 valence electrons. The molecule has 0 saturated carbocycles. The fraction of sp³-hybridized carbons (Fsp3) is 0.708. The highest BCUT2D eigenvalue weighted by molar-refractivity contribution is 5.91. The molecule has 1 rings (SSSR count). The van der Waals surface area contributed by atoms with Gasteiger partial charge in [-0.3, -0.25) is 0 Å². The van der Waals surface area contributed by atoms with Crippen molar-refractivity contribution in [3.63, 3.8) is 0 Å². The highest BCUT2D eigenvalue weighted by Gasteiger charge is 2.23. The van der Waals surface area contributed by atoms with E-state index in [1.165, 1.54) is 32.1 Å². The molecule has 3 nitrogen and oxygen atoms in total. The standard InChI is InChI=1S/C24H40O3/c1-6-8-9-10-17-27-22-20(13-11-14-21(22)23(25)26)15-16-24(4,5)18-19(3)12-7-2/h11,13-14,19H,6-10,12,15-18H2,1-5H3,(H,25,26). The number of ether oxygens (including phenoxy) is 1. The van der Waals surface area contributed by atoms with E-state index in [4.69, 9.17) is 4.74 Å². The van der Waals surface area contributed by atoms with E-state index in [1.807, 2.05) is 12.1 Å². The molecule has 0 aliphatic rings. The van der Waals surface area contributed by atoms with E-state index < -0.39 is 5.97 Å². The van der Waals surface area contributed by atoms with Crippen molar-refractivity contribution in [2.45, 2.75) is 92.4 Å². The first-order valence-electron chi connectivity index (χ1n) is 10.8. The van der Waals surface area contributed by atoms with Gasteiger partial charge in [0.1, 0.15) is 11.3 Å². The van der Waals surface area contributed by atoms with Crippen LogP contribution in [0.4, 0.5) is 0 Å². The van der Waals surface area contributed by atoms with E-state index in [0.717, 1.165) is 37.2 Å². The topological polar surface area (TPSA) is 46.5 Å². The van der Waals surface area contributed by atoms with Gasteiger partial charge in [-0.2, -0.15) is 0 Å². The summed E-state index contributed by atoms with van der Waals surface area (Å²) in [6.07, 6.45) is 10.1. The molecular formula is C24H40O3. The fourth-order valence-electron chi connectivity index (χ4n) is 3.94. The summed E-state index contributed by atoms with van der Waals surface area (Å²) in [4.78, 5) is 11.6. The zero-order chi connectivity index (χ0) is 20.3. The summed E-state index contributed by atoms with van der Waals surface area (Å²) in [7, 11) is 0. The van der Waals surface area contributed by atoms with Gasteiger partial charge in [-0.15, -0.1) is 0 Å². The smallest absolute Gasteiger partial charge is 0.339 e. The van der Waals surface area contributed by atoms with Crippen molar-refractivity contribution in [2.24, 2.45) is 11.3 Å². The fourth-order valence-corrected chi connectivity index (χ4v) is 3.94. The maximum Gasteiger partial charge on any atom is 0.339 e. The second kappa shape index (κ2) is 12.0. The van der Waals surface area contributed by atoms with Crippen molar-refractivity contribution < 1.29 is 14.6 Å². The number of unbranched alkanes of at least 4 members (excludes halogenated alkanes) is 3. The van der Waals surface area contributed by atoms with Crippen LogP contribution in [-0.4, -0.2) is 17.7 Å². The molecule has 0 aromatic heterocycles. The van der Waals surface area contributed by atoms with E-state index in [0.29, 0.717) is 17.9 Å². The Bertz CT molecular complexity index is 563. The largest absolute Gasteiger partial charge is 0.492 e. The lowest BCUT2D eigenvalue weighted by molar-refractivity contribution is 0.0692. The Labute approximate surface area is 166 Å². The third-order valence-corrected chi connectivity index (χ3v) is 5.32. The molecule has 27 heavy (non-hydrogen) atoms. The summed E-state index contributed by atoms with van der Waals surface area (Å²) in [5, 5.41) is 9.56. The van der Waals surface area contributed by atoms with E-state index in [-0.39, 0.29) is 5.41 Å². The average molecular weight is 377 g/mol. The number of rotatable bonds is 14. The Morgan fingerprint density at radius 2 is 1.89 bits per heavy atom. The minimum atomic E-state index is -0.906. The summed E-state index contributed by atoms with van der Waals surface area (Å²) in [5.41, 5.74) is 1.56. The number of aryl methyl sites for hydroxylation is 1. The molecule has 0 spiro atoms. The number of para-hydroxylation sites is 1. The van der Waals surface area contributed by atoms with Crippen LogP contribution >= 0.6 is 0 Å². The number of carbonyl (C=O) groups is 1. The van der Waals surface area contributed by atoms with Crippen LogP contribution in [0.5, 0.6) is 5.75 Å². The van der Waals surface area contributed by atoms with Gasteiger partial charge < -0.3 is 9.84 Å². The number of carboxylic acid groups (broad SMARTS) is 1. The molecular weight excluding hydrogens is 336 g/mol. The van der Waals surface area contributed by atoms with Crippen LogP contribution in [0, 0.1) is 11.3 Å². The van der Waals surface area contributed by atoms with E-state index in [9.17, 15) is 9.90 Å². The SMILES string of the molecule is CCCCCCOc1c(CCC(C)(C)CC(C)CCC)cccc1C(=O)O. The molecule has 1 unspecified atom stereocenters. The summed E-state index contributed by atoms with van der Waals surface area (Å²) >= 11 is 0. The van der Waals surface area contributed by atoms with Crippen LogP contribution in [0.1, 0.15) is 102 Å². The van der Waals surface area contributed by atoms with Gasteiger partial charge in [0.15, 0.2) is 0 Å². The Morgan fingerprint density at radius 1 is 1.15 bits per heavy atom. The van der Waals surface area contributed by atoms with E-state index in [2.05, 4.69) is 34.6 Å². The molecule has 0 aliphatic heterocycles. The van der Waals surface area contributed by atoms with Gasteiger partial charge >= 0.3 is 5.97 Å². The minimum Gasteiger partial charge on any atom is -0.492 e. The maximum atomic E-state index is 11.6. The third-order valence-electron chi connectivity index (χ3n) is 5.32. The lowest BCUT2D eigenvalue weighted by Gasteiger charge is -2.28. The zero-order valence-electron chi connectivity index (χ0n) is 18.1. The quantitative estimate of drug-likeness (QED) is 0.351. The highest BCUT2D eigenvalue weighted by Crippen LogP contribution is 2.34. The van der Waals surface area contributed by atoms with Gasteiger partial charge in [0.05, 0.1) is 6.61 Å². The molecule has 0 heterocycles. The van der Waals surface area contributed by atoms with Crippen molar-refractivity contribution in [3.8, 4) is 5.75 Å². The van der Waals surface area contributed by atoms with Crippen LogP contribution < -0.4 is 4.74 Å². The molecule has 0 amide bonds. The van der Waals surface area contributed by atoms with Crippen LogP contribution in [-0.2, 0) is 6.42 Å². The molecule has 3 heteroatoms. The van der Waals surface area contributed by atoms with E-state index >= 15 is 0 Å². The molecule has 1 aromatic rings. The minimum absolute atomic E-state index is 0.242. The number of aromatic carboxylic acids is 1. The number of hydrogen-bond acceptors (Lipinski definition) is 2. The second-order valence-electron chi connectivity index (χ2n) is 8.77. The first-order valence-corrected chi connectivity index (χ1v) is 10.8. The van der Waals surface area contributed by atoms with Gasteiger partial charge in [0.2, 0.25) is 0 Å². The Kier molecular flexibility index (Phi) is 10.5. The molecule has 0 bridgehead atoms. The van der Waals surface area contributed by atoms with Gasteiger partial charge in [0, 0.05) is 0 Å². The van der Waals surface area contributed by atoms with Crippen molar-refractivity contribution in [1.82, 2.24) is 0 Å². The number of hydrogen-bond donors (Lipinski definition) is 1. The Morgan fingerprint density at radius 3 is 2.52 bits per heavy atom. The summed E-state index contributed by atoms with van der Waals surface area (Å²) in [5.74, 6) is 0.403. The molecule has 1 atom stereocenters. The Balaban J connectivity index is 2.80. The highest BCUT2D eigenvalue weighted by atomic mass is 16.5. The average Bonchev–Trinajstić information content (AvgIpc) is 2.59. The van der Waals surface area contributed by atoms with Crippen molar-refractivity contribution in [1.29, 1.82) is 0 Å². The molecule has 0 aliphatic carbocycles. The first kappa shape index (κ1) is 23.5. The van der Waals surface area contributed by atoms with Crippen molar-refractivity contribution in [3.05, 3.63) is 29.3 Å². The molecule has 1 N–H and O–H groups in total. The van der Waals surface area contributed by atoms with Gasteiger partial charge in [-0.1, -0.05) is 78.9 Å². The van der Waals surface area contributed by atoms with Crippen LogP contribution in [0.3, 0.4) is 0 Å². The van der Waals surface area contributed by atoms with Gasteiger partial charge in [-0.25, -0.2) is 4.79 Å². The van der Waals surface area contributed by atoms with Crippen LogP contribution in [0.25, 0.3) is 0 Å². The van der Waals surface area contributed by atoms with Gasteiger partial charge in [-0.05, 0) is 48.6 Å². The first-order chi connectivity index (χ1) is 12.8. The predicted molar refractivity (Wildman–Crippen MR) is 114 cm³/mol. The molecule has 1 aromatic carbocycles. The third kappa shape index (κ3) is 8.81. The monoisotopic (exact) mass is 376 g/mol. The molecule has 0 fully saturated rings. The molecule has 0 radical (unpaired) electrons. The van der Waals surface area contributed by atoms with Crippen LogP contribution in [0.2, 0.25) is 0 Å². The number of benzene rings is 1. The van der Waals surface area contributed by atoms with Gasteiger partial charge in [0.25, 0.3) is 0 Å². The number of carboxylic acids is 1. The summed E-state index contributed by atoms with van der Waals surface area (Å²) < 4.78 is 5.98. The summed E-state index contributed by atoms with van der Waals surface area (Å²) in [6.45, 7) is 12.0. The molecule has 0 saturated heterocycles. The van der Waals surface area contributed by atoms with Crippen molar-refractivity contribution >= 4 is 5.97 Å². The predicted octanol–water partition coefficient (Wildman–Crippen LogP) is 7.13.